The third kappa shape index (κ3) is 3.49. The monoisotopic (exact) mass is 321 g/mol. The van der Waals surface area contributed by atoms with Crippen LogP contribution >= 0.6 is 0 Å². The minimum absolute atomic E-state index is 0.300. The lowest BCUT2D eigenvalue weighted by molar-refractivity contribution is -0.386. The van der Waals surface area contributed by atoms with Gasteiger partial charge in [-0.25, -0.2) is 0 Å². The van der Waals surface area contributed by atoms with Crippen LogP contribution in [0.15, 0.2) is 17.7 Å². The van der Waals surface area contributed by atoms with Gasteiger partial charge >= 0.3 is 5.69 Å². The molecule has 0 heterocycles. The van der Waals surface area contributed by atoms with Crippen molar-refractivity contribution >= 4 is 17.4 Å². The number of aliphatic hydroxyl groups is 1. The summed E-state index contributed by atoms with van der Waals surface area (Å²) < 4.78 is 0. The Morgan fingerprint density at radius 3 is 2.35 bits per heavy atom. The number of carbonyl (C=O) groups excluding carboxylic acids is 1. The number of phenolic OH excluding ortho intramolecular Hbond substituents is 2. The quantitative estimate of drug-likeness (QED) is 0.186. The van der Waals surface area contributed by atoms with Crippen LogP contribution < -0.4 is 0 Å². The Morgan fingerprint density at radius 2 is 1.91 bits per heavy atom. The van der Waals surface area contributed by atoms with Gasteiger partial charge < -0.3 is 20.2 Å². The first-order valence-electron chi connectivity index (χ1n) is 6.61. The molecule has 23 heavy (non-hydrogen) atoms. The Bertz CT molecular complexity index is 716. The van der Waals surface area contributed by atoms with E-state index in [4.69, 9.17) is 5.26 Å². The molecule has 0 saturated carbocycles. The molecule has 0 aromatic heterocycles. The van der Waals surface area contributed by atoms with E-state index in [1.54, 1.807) is 19.9 Å². The summed E-state index contributed by atoms with van der Waals surface area (Å²) in [5.74, 6) is -3.39. The van der Waals surface area contributed by atoms with E-state index in [0.717, 1.165) is 12.1 Å². The number of amides is 1. The summed E-state index contributed by atoms with van der Waals surface area (Å²) in [6, 6.07) is 3.14. The first kappa shape index (κ1) is 17.8. The van der Waals surface area contributed by atoms with Gasteiger partial charge in [-0.1, -0.05) is 0 Å². The molecule has 1 aromatic carbocycles. The molecule has 0 bridgehead atoms. The van der Waals surface area contributed by atoms with Crippen molar-refractivity contribution in [1.82, 2.24) is 4.90 Å². The average molecular weight is 321 g/mol. The van der Waals surface area contributed by atoms with E-state index >= 15 is 0 Å². The van der Waals surface area contributed by atoms with Gasteiger partial charge in [-0.15, -0.1) is 0 Å². The summed E-state index contributed by atoms with van der Waals surface area (Å²) in [4.78, 5) is 23.3. The standard InChI is InChI=1S/C14H15N3O6/c1-3-16(4-2)14(21)9(7-15)12(19)8-5-10(17(22)23)13(20)11(18)6-8/h5-6,18-20H,3-4H2,1-2H3. The number of nitriles is 1. The molecule has 0 aliphatic heterocycles. The number of hydrogen-bond acceptors (Lipinski definition) is 7. The summed E-state index contributed by atoms with van der Waals surface area (Å²) in [5.41, 5.74) is -1.81. The van der Waals surface area contributed by atoms with E-state index in [1.165, 1.54) is 4.90 Å². The van der Waals surface area contributed by atoms with E-state index in [1.807, 2.05) is 0 Å². The fourth-order valence-electron chi connectivity index (χ4n) is 1.90. The van der Waals surface area contributed by atoms with Gasteiger partial charge in [0.25, 0.3) is 5.91 Å². The van der Waals surface area contributed by atoms with Gasteiger partial charge in [0, 0.05) is 24.7 Å². The SMILES string of the molecule is CCN(CC)C(=O)C(C#N)=C(O)c1cc(O)c(O)c([N+](=O)[O-])c1. The Morgan fingerprint density at radius 1 is 1.35 bits per heavy atom. The number of aliphatic hydroxyl groups excluding tert-OH is 1. The fraction of sp³-hybridized carbons (Fsp3) is 0.286. The fourth-order valence-corrected chi connectivity index (χ4v) is 1.90. The molecule has 1 amide bonds. The number of hydrogen-bond donors (Lipinski definition) is 3. The summed E-state index contributed by atoms with van der Waals surface area (Å²) in [7, 11) is 0. The highest BCUT2D eigenvalue weighted by atomic mass is 16.6. The van der Waals surface area contributed by atoms with Gasteiger partial charge in [0.2, 0.25) is 5.75 Å². The molecule has 9 nitrogen and oxygen atoms in total. The molecule has 0 aliphatic carbocycles. The number of aromatic hydroxyl groups is 2. The smallest absolute Gasteiger partial charge is 0.315 e. The average Bonchev–Trinajstić information content (AvgIpc) is 2.51. The minimum atomic E-state index is -0.972. The van der Waals surface area contributed by atoms with Crippen LogP contribution in [0.2, 0.25) is 0 Å². The maximum absolute atomic E-state index is 12.2. The van der Waals surface area contributed by atoms with Crippen molar-refractivity contribution in [2.24, 2.45) is 0 Å². The van der Waals surface area contributed by atoms with Gasteiger partial charge in [-0.3, -0.25) is 14.9 Å². The van der Waals surface area contributed by atoms with Crippen molar-refractivity contribution in [2.45, 2.75) is 13.8 Å². The highest BCUT2D eigenvalue weighted by molar-refractivity contribution is 6.03. The van der Waals surface area contributed by atoms with Crippen molar-refractivity contribution < 1.29 is 25.0 Å². The van der Waals surface area contributed by atoms with Gasteiger partial charge in [-0.2, -0.15) is 5.26 Å². The minimum Gasteiger partial charge on any atom is -0.506 e. The zero-order valence-electron chi connectivity index (χ0n) is 12.5. The Hall–Kier alpha value is -3.28. The molecule has 122 valence electrons. The summed E-state index contributed by atoms with van der Waals surface area (Å²) in [6.07, 6.45) is 0. The predicted molar refractivity (Wildman–Crippen MR) is 79.5 cm³/mol. The van der Waals surface area contributed by atoms with Crippen molar-refractivity contribution in [3.8, 4) is 17.6 Å². The Kier molecular flexibility index (Phi) is 5.51. The second-order valence-electron chi connectivity index (χ2n) is 4.43. The molecule has 9 heteroatoms. The zero-order valence-corrected chi connectivity index (χ0v) is 12.5. The topological polar surface area (TPSA) is 148 Å². The molecular formula is C14H15N3O6. The van der Waals surface area contributed by atoms with Gasteiger partial charge in [0.05, 0.1) is 4.92 Å². The lowest BCUT2D eigenvalue weighted by Crippen LogP contribution is -2.31. The van der Waals surface area contributed by atoms with E-state index < -0.39 is 39.3 Å². The van der Waals surface area contributed by atoms with E-state index in [-0.39, 0.29) is 5.56 Å². The normalized spacial score (nSPS) is 11.3. The highest BCUT2D eigenvalue weighted by Crippen LogP contribution is 2.38. The maximum atomic E-state index is 12.2. The number of phenols is 2. The third-order valence-electron chi connectivity index (χ3n) is 3.15. The molecule has 1 aromatic rings. The van der Waals surface area contributed by atoms with Crippen LogP contribution in [0.25, 0.3) is 5.76 Å². The van der Waals surface area contributed by atoms with E-state index in [9.17, 15) is 30.2 Å². The predicted octanol–water partition coefficient (Wildman–Crippen LogP) is 1.67. The number of nitro benzene ring substituents is 1. The number of benzene rings is 1. The number of rotatable bonds is 5. The maximum Gasteiger partial charge on any atom is 0.315 e. The molecule has 0 radical (unpaired) electrons. The zero-order chi connectivity index (χ0) is 17.7. The van der Waals surface area contributed by atoms with Gasteiger partial charge in [-0.05, 0) is 19.9 Å². The number of likely N-dealkylation sites (N-methyl/N-ethyl adjacent to an activating group) is 1. The largest absolute Gasteiger partial charge is 0.506 e. The Balaban J connectivity index is 3.51. The lowest BCUT2D eigenvalue weighted by atomic mass is 10.1. The van der Waals surface area contributed by atoms with Gasteiger partial charge in [0.1, 0.15) is 11.8 Å². The number of nitrogens with zero attached hydrogens (tertiary/aromatic N) is 3. The van der Waals surface area contributed by atoms with Crippen LogP contribution in [-0.4, -0.2) is 44.1 Å². The van der Waals surface area contributed by atoms with Crippen molar-refractivity contribution in [2.75, 3.05) is 13.1 Å². The van der Waals surface area contributed by atoms with Crippen LogP contribution in [0.5, 0.6) is 11.5 Å². The first-order chi connectivity index (χ1) is 10.8. The number of nitro groups is 1. The summed E-state index contributed by atoms with van der Waals surface area (Å²) in [6.45, 7) is 3.97. The Labute approximate surface area is 131 Å². The molecule has 0 spiro atoms. The highest BCUT2D eigenvalue weighted by Gasteiger charge is 2.25. The van der Waals surface area contributed by atoms with Crippen LogP contribution in [-0.2, 0) is 4.79 Å². The van der Waals surface area contributed by atoms with E-state index in [2.05, 4.69) is 0 Å². The van der Waals surface area contributed by atoms with E-state index in [0.29, 0.717) is 13.1 Å². The molecule has 0 saturated heterocycles. The van der Waals surface area contributed by atoms with Crippen molar-refractivity contribution in [1.29, 1.82) is 5.26 Å². The second kappa shape index (κ2) is 7.13. The third-order valence-corrected chi connectivity index (χ3v) is 3.15. The molecule has 0 unspecified atom stereocenters. The molecule has 0 fully saturated rings. The summed E-state index contributed by atoms with van der Waals surface area (Å²) in [5, 5.41) is 49.0. The van der Waals surface area contributed by atoms with Gasteiger partial charge in [0.15, 0.2) is 11.3 Å². The molecule has 0 aliphatic rings. The first-order valence-corrected chi connectivity index (χ1v) is 6.61. The summed E-state index contributed by atoms with van der Waals surface area (Å²) >= 11 is 0. The molecule has 1 rings (SSSR count). The lowest BCUT2D eigenvalue weighted by Gasteiger charge is -2.18. The van der Waals surface area contributed by atoms with Crippen LogP contribution in [0, 0.1) is 21.4 Å². The van der Waals surface area contributed by atoms with Crippen molar-refractivity contribution in [3.63, 3.8) is 0 Å². The molecule has 3 N–H and O–H groups in total. The molecular weight excluding hydrogens is 306 g/mol. The van der Waals surface area contributed by atoms with Crippen molar-refractivity contribution in [3.05, 3.63) is 33.4 Å². The molecule has 0 atom stereocenters. The van der Waals surface area contributed by atoms with Crippen LogP contribution in [0.1, 0.15) is 19.4 Å². The van der Waals surface area contributed by atoms with Crippen LogP contribution in [0.3, 0.4) is 0 Å². The number of carbonyl (C=O) groups is 1. The second-order valence-corrected chi connectivity index (χ2v) is 4.43. The van der Waals surface area contributed by atoms with Crippen LogP contribution in [0.4, 0.5) is 5.69 Å².